The topological polar surface area (TPSA) is 48.5 Å². The molecule has 0 fully saturated rings. The van der Waals surface area contributed by atoms with Crippen LogP contribution in [-0.4, -0.2) is 24.1 Å². The number of para-hydroxylation sites is 3. The Bertz CT molecular complexity index is 3630. The summed E-state index contributed by atoms with van der Waals surface area (Å²) < 4.78 is 4.74. The normalized spacial score (nSPS) is 15.5. The van der Waals surface area contributed by atoms with Crippen LogP contribution in [0.2, 0.25) is 0 Å². The van der Waals surface area contributed by atoms with Crippen LogP contribution in [0.1, 0.15) is 52.2 Å². The number of rotatable bonds is 6. The number of aromatic nitrogens is 5. The van der Waals surface area contributed by atoms with Gasteiger partial charge in [-0.1, -0.05) is 192 Å². The Morgan fingerprint density at radius 2 is 0.938 bits per heavy atom. The molecule has 3 heterocycles. The van der Waals surface area contributed by atoms with Gasteiger partial charge in [-0.3, -0.25) is 4.57 Å². The van der Waals surface area contributed by atoms with Gasteiger partial charge in [-0.05, 0) is 81.3 Å². The van der Waals surface area contributed by atoms with E-state index in [0.29, 0.717) is 23.5 Å². The van der Waals surface area contributed by atoms with E-state index < -0.39 is 0 Å². The minimum absolute atomic E-state index is 0.00554. The Labute approximate surface area is 379 Å². The zero-order valence-electron chi connectivity index (χ0n) is 37.4. The maximum atomic E-state index is 5.34. The minimum atomic E-state index is -0.00554. The van der Waals surface area contributed by atoms with Gasteiger partial charge in [0.25, 0.3) is 0 Å². The molecule has 1 aliphatic carbocycles. The molecule has 0 aliphatic heterocycles. The van der Waals surface area contributed by atoms with Crippen LogP contribution in [0.15, 0.2) is 188 Å². The zero-order chi connectivity index (χ0) is 44.0. The van der Waals surface area contributed by atoms with Gasteiger partial charge in [-0.25, -0.2) is 4.98 Å². The van der Waals surface area contributed by atoms with Gasteiger partial charge in [0.05, 0.1) is 27.8 Å². The summed E-state index contributed by atoms with van der Waals surface area (Å²) in [4.78, 5) is 15.8. The fraction of sp³-hybridized carbons (Fsp3) is 0.150. The second kappa shape index (κ2) is 14.7. The van der Waals surface area contributed by atoms with Crippen LogP contribution in [-0.2, 0) is 10.8 Å². The van der Waals surface area contributed by atoms with Crippen molar-refractivity contribution < 1.29 is 0 Å². The van der Waals surface area contributed by atoms with Gasteiger partial charge in [0, 0.05) is 38.2 Å². The monoisotopic (exact) mass is 839 g/mol. The van der Waals surface area contributed by atoms with Crippen molar-refractivity contribution in [2.75, 3.05) is 0 Å². The largest absolute Gasteiger partial charge is 0.309 e. The lowest BCUT2D eigenvalue weighted by atomic mass is 9.57. The first-order valence-electron chi connectivity index (χ1n) is 22.8. The Balaban J connectivity index is 1.12. The highest BCUT2D eigenvalue weighted by molar-refractivity contribution is 6.19. The first-order chi connectivity index (χ1) is 31.7. The van der Waals surface area contributed by atoms with E-state index in [4.69, 9.17) is 15.0 Å². The molecular formula is C60H49N5. The quantitative estimate of drug-likeness (QED) is 0.168. The van der Waals surface area contributed by atoms with Crippen molar-refractivity contribution in [3.05, 3.63) is 199 Å². The molecule has 0 saturated heterocycles. The fourth-order valence-corrected chi connectivity index (χ4v) is 11.0. The number of benzene rings is 8. The van der Waals surface area contributed by atoms with Gasteiger partial charge < -0.3 is 4.57 Å². The van der Waals surface area contributed by atoms with E-state index in [-0.39, 0.29) is 10.8 Å². The SMILES string of the molecule is CC1CC(C)(C)c2cccc(-c3ccccc3-n3c4ccccc4c4cc5c6ccccc6n(-c6nc(-c7ccccc7)nc(-c7ccc(-c8ccccc8)cc7)n6)c5cc43)c2C1(C)C. The first kappa shape index (κ1) is 39.0. The third-order valence-electron chi connectivity index (χ3n) is 14.5. The van der Waals surface area contributed by atoms with E-state index in [1.54, 1.807) is 0 Å². The summed E-state index contributed by atoms with van der Waals surface area (Å²) in [6.07, 6.45) is 1.16. The predicted molar refractivity (Wildman–Crippen MR) is 270 cm³/mol. The smallest absolute Gasteiger partial charge is 0.238 e. The van der Waals surface area contributed by atoms with Crippen LogP contribution in [0.4, 0.5) is 0 Å². The Kier molecular flexibility index (Phi) is 8.83. The number of nitrogens with zero attached hydrogens (tertiary/aromatic N) is 5. The van der Waals surface area contributed by atoms with E-state index in [9.17, 15) is 0 Å². The molecule has 1 unspecified atom stereocenters. The highest BCUT2D eigenvalue weighted by Crippen LogP contribution is 2.53. The summed E-state index contributed by atoms with van der Waals surface area (Å²) in [7, 11) is 0. The molecule has 0 bridgehead atoms. The average Bonchev–Trinajstić information content (AvgIpc) is 3.84. The van der Waals surface area contributed by atoms with Crippen LogP contribution in [0.3, 0.4) is 0 Å². The predicted octanol–water partition coefficient (Wildman–Crippen LogP) is 15.3. The van der Waals surface area contributed by atoms with Crippen LogP contribution in [0.5, 0.6) is 0 Å². The average molecular weight is 840 g/mol. The van der Waals surface area contributed by atoms with Gasteiger partial charge in [0.1, 0.15) is 0 Å². The Hall–Kier alpha value is -7.63. The summed E-state index contributed by atoms with van der Waals surface area (Å²) in [5.74, 6) is 2.34. The van der Waals surface area contributed by atoms with Crippen molar-refractivity contribution in [1.82, 2.24) is 24.1 Å². The number of fused-ring (bicyclic) bond motifs is 7. The van der Waals surface area contributed by atoms with Crippen molar-refractivity contribution in [2.45, 2.75) is 51.9 Å². The van der Waals surface area contributed by atoms with Crippen molar-refractivity contribution in [3.8, 4) is 56.7 Å². The summed E-state index contributed by atoms with van der Waals surface area (Å²) >= 11 is 0. The summed E-state index contributed by atoms with van der Waals surface area (Å²) in [6, 6.07) is 67.5. The van der Waals surface area contributed by atoms with E-state index >= 15 is 0 Å². The number of hydrogen-bond acceptors (Lipinski definition) is 3. The molecule has 11 aromatic rings. The highest BCUT2D eigenvalue weighted by atomic mass is 15.2. The molecule has 5 heteroatoms. The standard InChI is InChI=1S/C60H49N5/c1-38-37-59(2,3)49-27-18-26-46(55(49)60(38,4)5)43-23-12-15-28-50(43)64-51-29-16-13-24-44(51)47-35-48-45-25-14-17-30-52(45)65(54(48)36-53(47)64)58-62-56(41-21-10-7-11-22-41)61-57(63-58)42-33-31-40(32-34-42)39-19-8-6-9-20-39/h6-36,38H,37H2,1-5H3. The van der Waals surface area contributed by atoms with Gasteiger partial charge in [-0.2, -0.15) is 9.97 Å². The van der Waals surface area contributed by atoms with Gasteiger partial charge in [0.15, 0.2) is 11.6 Å². The number of hydrogen-bond donors (Lipinski definition) is 0. The second-order valence-electron chi connectivity index (χ2n) is 19.1. The molecule has 3 aromatic heterocycles. The molecule has 0 radical (unpaired) electrons. The van der Waals surface area contributed by atoms with E-state index in [1.165, 1.54) is 44.1 Å². The maximum absolute atomic E-state index is 5.34. The molecule has 0 spiro atoms. The maximum Gasteiger partial charge on any atom is 0.238 e. The molecule has 12 rings (SSSR count). The summed E-state index contributed by atoms with van der Waals surface area (Å²) in [6.45, 7) is 12.2. The molecule has 0 amide bonds. The van der Waals surface area contributed by atoms with E-state index in [2.05, 4.69) is 208 Å². The van der Waals surface area contributed by atoms with Gasteiger partial charge >= 0.3 is 0 Å². The second-order valence-corrected chi connectivity index (χ2v) is 19.1. The minimum Gasteiger partial charge on any atom is -0.309 e. The molecular weight excluding hydrogens is 791 g/mol. The van der Waals surface area contributed by atoms with Crippen molar-refractivity contribution in [3.63, 3.8) is 0 Å². The van der Waals surface area contributed by atoms with Crippen LogP contribution < -0.4 is 0 Å². The fourth-order valence-electron chi connectivity index (χ4n) is 11.0. The third-order valence-corrected chi connectivity index (χ3v) is 14.5. The summed E-state index contributed by atoms with van der Waals surface area (Å²) in [5.41, 5.74) is 15.2. The molecule has 314 valence electrons. The molecule has 0 saturated carbocycles. The Morgan fingerprint density at radius 1 is 0.431 bits per heavy atom. The van der Waals surface area contributed by atoms with Crippen molar-refractivity contribution in [2.24, 2.45) is 5.92 Å². The molecule has 5 nitrogen and oxygen atoms in total. The van der Waals surface area contributed by atoms with Crippen LogP contribution in [0.25, 0.3) is 100 Å². The Morgan fingerprint density at radius 3 is 1.62 bits per heavy atom. The van der Waals surface area contributed by atoms with Crippen LogP contribution >= 0.6 is 0 Å². The molecule has 0 N–H and O–H groups in total. The molecule has 8 aromatic carbocycles. The third kappa shape index (κ3) is 6.17. The van der Waals surface area contributed by atoms with Crippen molar-refractivity contribution >= 4 is 43.6 Å². The summed E-state index contributed by atoms with van der Waals surface area (Å²) in [5, 5.41) is 4.71. The highest BCUT2D eigenvalue weighted by Gasteiger charge is 2.43. The molecule has 65 heavy (non-hydrogen) atoms. The lowest BCUT2D eigenvalue weighted by molar-refractivity contribution is 0.234. The van der Waals surface area contributed by atoms with E-state index in [1.807, 2.05) is 24.3 Å². The van der Waals surface area contributed by atoms with Gasteiger partial charge in [-0.15, -0.1) is 0 Å². The molecule has 1 atom stereocenters. The molecule has 1 aliphatic rings. The lowest BCUT2D eigenvalue weighted by Crippen LogP contribution is -2.40. The van der Waals surface area contributed by atoms with Gasteiger partial charge in [0.2, 0.25) is 5.95 Å². The van der Waals surface area contributed by atoms with Crippen molar-refractivity contribution in [1.29, 1.82) is 0 Å². The zero-order valence-corrected chi connectivity index (χ0v) is 37.4. The first-order valence-corrected chi connectivity index (χ1v) is 22.8. The van der Waals surface area contributed by atoms with Crippen LogP contribution in [0, 0.1) is 5.92 Å². The lowest BCUT2D eigenvalue weighted by Gasteiger charge is -2.47. The van der Waals surface area contributed by atoms with E-state index in [0.717, 1.165) is 56.1 Å².